The minimum Gasteiger partial charge on any atom is -0.497 e. The summed E-state index contributed by atoms with van der Waals surface area (Å²) >= 11 is 1.90. The zero-order chi connectivity index (χ0) is 17.0. The Kier molecular flexibility index (Phi) is 9.06. The third-order valence-corrected chi connectivity index (χ3v) is 5.33. The van der Waals surface area contributed by atoms with Gasteiger partial charge in [-0.15, -0.1) is 11.8 Å². The highest BCUT2D eigenvalue weighted by molar-refractivity contribution is 7.99. The van der Waals surface area contributed by atoms with Crippen molar-refractivity contribution in [3.8, 4) is 5.75 Å². The number of amides is 1. The molecule has 1 aromatic carbocycles. The van der Waals surface area contributed by atoms with Gasteiger partial charge in [-0.1, -0.05) is 19.3 Å². The lowest BCUT2D eigenvalue weighted by Crippen LogP contribution is -2.40. The van der Waals surface area contributed by atoms with Gasteiger partial charge in [0.05, 0.1) is 20.3 Å². The predicted molar refractivity (Wildman–Crippen MR) is 98.8 cm³/mol. The number of hydrogen-bond acceptors (Lipinski definition) is 4. The molecule has 0 aromatic heterocycles. The van der Waals surface area contributed by atoms with Crippen LogP contribution in [0, 0.1) is 0 Å². The van der Waals surface area contributed by atoms with Crippen molar-refractivity contribution >= 4 is 17.7 Å². The summed E-state index contributed by atoms with van der Waals surface area (Å²) in [5, 5.41) is 0. The van der Waals surface area contributed by atoms with Crippen LogP contribution in [0.2, 0.25) is 0 Å². The van der Waals surface area contributed by atoms with Crippen molar-refractivity contribution in [2.45, 2.75) is 43.4 Å². The van der Waals surface area contributed by atoms with Gasteiger partial charge in [0.2, 0.25) is 5.91 Å². The van der Waals surface area contributed by atoms with Crippen LogP contribution < -0.4 is 4.74 Å². The monoisotopic (exact) mass is 351 g/mol. The zero-order valence-corrected chi connectivity index (χ0v) is 15.5. The second-order valence-electron chi connectivity index (χ2n) is 6.03. The van der Waals surface area contributed by atoms with Gasteiger partial charge < -0.3 is 14.4 Å². The largest absolute Gasteiger partial charge is 0.497 e. The van der Waals surface area contributed by atoms with E-state index in [4.69, 9.17) is 9.47 Å². The third kappa shape index (κ3) is 7.14. The van der Waals surface area contributed by atoms with Gasteiger partial charge in [0, 0.05) is 24.4 Å². The van der Waals surface area contributed by atoms with E-state index < -0.39 is 0 Å². The molecule has 0 unspecified atom stereocenters. The Morgan fingerprint density at radius 2 is 1.75 bits per heavy atom. The van der Waals surface area contributed by atoms with Crippen LogP contribution in [-0.2, 0) is 9.53 Å². The first-order valence-corrected chi connectivity index (χ1v) is 9.90. The highest BCUT2D eigenvalue weighted by Gasteiger charge is 2.15. The molecule has 1 saturated heterocycles. The van der Waals surface area contributed by atoms with E-state index in [0.717, 1.165) is 37.4 Å². The van der Waals surface area contributed by atoms with Crippen LogP contribution in [-0.4, -0.2) is 50.0 Å². The van der Waals surface area contributed by atoms with Crippen molar-refractivity contribution in [2.24, 2.45) is 0 Å². The maximum absolute atomic E-state index is 12.0. The van der Waals surface area contributed by atoms with Gasteiger partial charge in [0.15, 0.2) is 0 Å². The predicted octanol–water partition coefficient (Wildman–Crippen LogP) is 3.99. The number of rotatable bonds is 10. The van der Waals surface area contributed by atoms with Crippen molar-refractivity contribution in [1.29, 1.82) is 0 Å². The lowest BCUT2D eigenvalue weighted by atomic mass is 10.1. The maximum Gasteiger partial charge on any atom is 0.222 e. The molecule has 134 valence electrons. The lowest BCUT2D eigenvalue weighted by molar-refractivity contribution is -0.135. The number of morpholine rings is 1. The van der Waals surface area contributed by atoms with Crippen LogP contribution in [0.3, 0.4) is 0 Å². The molecule has 0 aliphatic carbocycles. The van der Waals surface area contributed by atoms with Gasteiger partial charge in [0.25, 0.3) is 0 Å². The van der Waals surface area contributed by atoms with E-state index >= 15 is 0 Å². The molecule has 0 N–H and O–H groups in total. The lowest BCUT2D eigenvalue weighted by Gasteiger charge is -2.26. The van der Waals surface area contributed by atoms with E-state index in [1.165, 1.54) is 24.2 Å². The Balaban J connectivity index is 1.44. The van der Waals surface area contributed by atoms with Crippen molar-refractivity contribution in [1.82, 2.24) is 4.90 Å². The van der Waals surface area contributed by atoms with Gasteiger partial charge >= 0.3 is 0 Å². The second kappa shape index (κ2) is 11.4. The topological polar surface area (TPSA) is 38.8 Å². The number of unbranched alkanes of at least 4 members (excludes halogenated alkanes) is 4. The molecule has 0 bridgehead atoms. The van der Waals surface area contributed by atoms with E-state index in [1.807, 2.05) is 28.8 Å². The zero-order valence-electron chi connectivity index (χ0n) is 14.7. The van der Waals surface area contributed by atoms with Gasteiger partial charge in [-0.25, -0.2) is 0 Å². The van der Waals surface area contributed by atoms with E-state index in [2.05, 4.69) is 12.1 Å². The number of hydrogen-bond donors (Lipinski definition) is 0. The fourth-order valence-corrected chi connectivity index (χ4v) is 3.65. The van der Waals surface area contributed by atoms with Crippen LogP contribution in [0.15, 0.2) is 29.2 Å². The molecule has 5 heteroatoms. The van der Waals surface area contributed by atoms with E-state index in [1.54, 1.807) is 7.11 Å². The van der Waals surface area contributed by atoms with E-state index in [-0.39, 0.29) is 0 Å². The van der Waals surface area contributed by atoms with Gasteiger partial charge in [0.1, 0.15) is 5.75 Å². The number of thioether (sulfide) groups is 1. The number of methoxy groups -OCH3 is 1. The molecule has 1 fully saturated rings. The maximum atomic E-state index is 12.0. The average molecular weight is 352 g/mol. The minimum absolute atomic E-state index is 0.299. The molecule has 24 heavy (non-hydrogen) atoms. The Morgan fingerprint density at radius 3 is 2.46 bits per heavy atom. The fraction of sp³-hybridized carbons (Fsp3) is 0.632. The number of carbonyl (C=O) groups is 1. The van der Waals surface area contributed by atoms with Crippen LogP contribution in [0.4, 0.5) is 0 Å². The summed E-state index contributed by atoms with van der Waals surface area (Å²) in [5.41, 5.74) is 0. The summed E-state index contributed by atoms with van der Waals surface area (Å²) in [6.07, 6.45) is 6.56. The first-order chi connectivity index (χ1) is 11.8. The molecule has 0 radical (unpaired) electrons. The second-order valence-corrected chi connectivity index (χ2v) is 7.20. The summed E-state index contributed by atoms with van der Waals surface area (Å²) in [4.78, 5) is 15.2. The van der Waals surface area contributed by atoms with Crippen molar-refractivity contribution in [3.63, 3.8) is 0 Å². The molecule has 0 atom stereocenters. The van der Waals surface area contributed by atoms with Crippen LogP contribution in [0.1, 0.15) is 38.5 Å². The third-order valence-electron chi connectivity index (χ3n) is 4.23. The molecule has 1 aliphatic heterocycles. The number of ether oxygens (including phenoxy) is 2. The first kappa shape index (κ1) is 19.1. The highest BCUT2D eigenvalue weighted by Crippen LogP contribution is 2.22. The van der Waals surface area contributed by atoms with Crippen molar-refractivity contribution < 1.29 is 14.3 Å². The Morgan fingerprint density at radius 1 is 1.08 bits per heavy atom. The van der Waals surface area contributed by atoms with Gasteiger partial charge in [-0.05, 0) is 42.9 Å². The molecule has 0 saturated carbocycles. The minimum atomic E-state index is 0.299. The molecule has 1 amide bonds. The SMILES string of the molecule is COc1ccc(SCCCCCCCC(=O)N2CCOCC2)cc1. The number of nitrogens with zero attached hydrogens (tertiary/aromatic N) is 1. The quantitative estimate of drug-likeness (QED) is 0.472. The Labute approximate surface area is 149 Å². The molecule has 2 rings (SSSR count). The van der Waals surface area contributed by atoms with E-state index in [0.29, 0.717) is 25.5 Å². The normalized spacial score (nSPS) is 14.6. The van der Waals surface area contributed by atoms with E-state index in [9.17, 15) is 4.79 Å². The smallest absolute Gasteiger partial charge is 0.222 e. The summed E-state index contributed by atoms with van der Waals surface area (Å²) in [7, 11) is 1.69. The highest BCUT2D eigenvalue weighted by atomic mass is 32.2. The van der Waals surface area contributed by atoms with Crippen LogP contribution in [0.5, 0.6) is 5.75 Å². The molecular weight excluding hydrogens is 322 g/mol. The van der Waals surface area contributed by atoms with Gasteiger partial charge in [-0.3, -0.25) is 4.79 Å². The standard InChI is InChI=1S/C19H29NO3S/c1-22-17-8-10-18(11-9-17)24-16-6-4-2-3-5-7-19(21)20-12-14-23-15-13-20/h8-11H,2-7,12-16H2,1H3. The number of benzene rings is 1. The Hall–Kier alpha value is -1.20. The molecule has 0 spiro atoms. The molecule has 1 aliphatic rings. The molecule has 1 heterocycles. The summed E-state index contributed by atoms with van der Waals surface area (Å²) in [6.45, 7) is 2.91. The fourth-order valence-electron chi connectivity index (χ4n) is 2.74. The van der Waals surface area contributed by atoms with Crippen LogP contribution >= 0.6 is 11.8 Å². The van der Waals surface area contributed by atoms with Crippen molar-refractivity contribution in [3.05, 3.63) is 24.3 Å². The van der Waals surface area contributed by atoms with Gasteiger partial charge in [-0.2, -0.15) is 0 Å². The first-order valence-electron chi connectivity index (χ1n) is 8.92. The Bertz CT molecular complexity index is 472. The molecular formula is C19H29NO3S. The van der Waals surface area contributed by atoms with Crippen molar-refractivity contribution in [2.75, 3.05) is 39.2 Å². The molecule has 1 aromatic rings. The van der Waals surface area contributed by atoms with Crippen LogP contribution in [0.25, 0.3) is 0 Å². The summed E-state index contributed by atoms with van der Waals surface area (Å²) < 4.78 is 10.4. The number of carbonyl (C=O) groups excluding carboxylic acids is 1. The summed E-state index contributed by atoms with van der Waals surface area (Å²) in [6, 6.07) is 8.24. The average Bonchev–Trinajstić information content (AvgIpc) is 2.65. The molecule has 4 nitrogen and oxygen atoms in total. The summed E-state index contributed by atoms with van der Waals surface area (Å²) in [5.74, 6) is 2.36.